The fourth-order valence-corrected chi connectivity index (χ4v) is 8.35. The number of allylic oxidation sites excluding steroid dienone is 7. The molecule has 0 aromatic heterocycles. The first-order chi connectivity index (χ1) is 40.8. The number of hydrogen-bond donors (Lipinski definition) is 1. The first kappa shape index (κ1) is 78.3. The van der Waals surface area contributed by atoms with Gasteiger partial charge in [-0.1, -0.05) is 95.6 Å². The first-order valence-corrected chi connectivity index (χ1v) is 29.3. The van der Waals surface area contributed by atoms with E-state index in [9.17, 15) is 45.7 Å². The lowest BCUT2D eigenvalue weighted by Gasteiger charge is -2.21. The lowest BCUT2D eigenvalue weighted by molar-refractivity contribution is -0.142. The number of aldehydes is 2. The zero-order valence-electron chi connectivity index (χ0n) is 51.6. The van der Waals surface area contributed by atoms with Gasteiger partial charge in [0, 0.05) is 17.7 Å². The van der Waals surface area contributed by atoms with Crippen LogP contribution >= 0.6 is 7.60 Å². The number of benzene rings is 5. The molecule has 1 N–H and O–H groups in total. The number of ether oxygens (including phenoxy) is 3. The van der Waals surface area contributed by atoms with Crippen molar-refractivity contribution in [2.75, 3.05) is 46.2 Å². The van der Waals surface area contributed by atoms with Gasteiger partial charge in [0.05, 0.1) is 39.6 Å². The van der Waals surface area contributed by atoms with E-state index in [1.165, 1.54) is 85.3 Å². The van der Waals surface area contributed by atoms with E-state index in [0.29, 0.717) is 36.2 Å². The predicted octanol–water partition coefficient (Wildman–Crippen LogP) is 17.4. The van der Waals surface area contributed by atoms with Crippen LogP contribution < -0.4 is 0 Å². The van der Waals surface area contributed by atoms with Crippen molar-refractivity contribution < 1.29 is 74.1 Å². The molecule has 0 bridgehead atoms. The zero-order valence-corrected chi connectivity index (χ0v) is 52.5. The fraction of sp³-hybridized carbons (Fsp3) is 0.304. The van der Waals surface area contributed by atoms with Crippen LogP contribution in [0.5, 0.6) is 0 Å². The second-order valence-electron chi connectivity index (χ2n) is 18.7. The van der Waals surface area contributed by atoms with E-state index in [-0.39, 0.29) is 61.5 Å². The predicted molar refractivity (Wildman–Crippen MR) is 336 cm³/mol. The minimum Gasteiger partial charge on any atom is -0.465 e. The average molecular weight is 1220 g/mol. The van der Waals surface area contributed by atoms with Crippen LogP contribution in [0.25, 0.3) is 24.3 Å². The summed E-state index contributed by atoms with van der Waals surface area (Å²) in [5, 5.41) is 8.84. The minimum atomic E-state index is -3.37. The second-order valence-corrected chi connectivity index (χ2v) is 21.0. The molecule has 11 nitrogen and oxygen atoms in total. The molecule has 0 heterocycles. The molecule has 466 valence electrons. The molecular formula is C69H84F5O11P. The molecule has 5 aromatic carbocycles. The number of esters is 2. The van der Waals surface area contributed by atoms with Crippen LogP contribution in [-0.4, -0.2) is 81.5 Å². The van der Waals surface area contributed by atoms with Crippen LogP contribution in [0.2, 0.25) is 0 Å². The summed E-state index contributed by atoms with van der Waals surface area (Å²) in [6.07, 6.45) is 14.7. The van der Waals surface area contributed by atoms with Gasteiger partial charge in [0.15, 0.2) is 5.66 Å². The average Bonchev–Trinajstić information content (AvgIpc) is 3.20. The maximum Gasteiger partial charge on any atom is 0.344 e. The molecule has 17 heteroatoms. The smallest absolute Gasteiger partial charge is 0.344 e. The normalized spacial score (nSPS) is 12.3. The van der Waals surface area contributed by atoms with Gasteiger partial charge in [-0.2, -0.15) is 0 Å². The van der Waals surface area contributed by atoms with Crippen molar-refractivity contribution >= 4 is 56.4 Å². The van der Waals surface area contributed by atoms with Crippen molar-refractivity contribution in [3.8, 4) is 0 Å². The Bertz CT molecular complexity index is 3040. The molecule has 0 saturated heterocycles. The van der Waals surface area contributed by atoms with Crippen molar-refractivity contribution in [2.45, 2.75) is 95.7 Å². The quantitative estimate of drug-likeness (QED) is 0.0176. The number of carbonyl (C=O) groups excluding carboxylic acids is 4. The van der Waals surface area contributed by atoms with Crippen LogP contribution in [0.15, 0.2) is 179 Å². The van der Waals surface area contributed by atoms with Crippen LogP contribution in [0.1, 0.15) is 123 Å². The zero-order chi connectivity index (χ0) is 65.0. The maximum absolute atomic E-state index is 12.7. The van der Waals surface area contributed by atoms with E-state index >= 15 is 0 Å². The standard InChI is InChI=1S/C15H17FO2.C15H19FO.C13H15FO.C10H9FO.C9H19O5P.C7H5FO/c1-4-18-15(17)12(3)9-11(2)10-13-5-7-14(16)8-6-13;1-4-17-11-13(3)9-12(2)10-14-5-7-15(16)8-6-14;1-10(7-11(2)9-15)8-12-3-5-13(14)6-4-12;1-8(7-12)6-9-2-4-10(11)5-3-9;1-5-12-9(10)8(4)15(11,13-6-2)14-7-3;8-7-3-1-6(5-9)2-4-7/h5-10H,4H2,1-3H3;5-10H,4,11H2,1-3H3;3-8,15H,9H2,1-2H3;2-7H,1H3;8H,5-7H2,1-4H3;1-5H/b11-10+,12-9+;12-10+,13-9+;10-8+,11-7+;8-6+;;. The molecule has 86 heavy (non-hydrogen) atoms. The molecule has 0 radical (unpaired) electrons. The second kappa shape index (κ2) is 45.6. The number of carbonyl (C=O) groups is 4. The number of hydrogen-bond acceptors (Lipinski definition) is 11. The van der Waals surface area contributed by atoms with Gasteiger partial charge < -0.3 is 28.4 Å². The van der Waals surface area contributed by atoms with E-state index in [0.717, 1.165) is 57.4 Å². The van der Waals surface area contributed by atoms with Gasteiger partial charge in [0.1, 0.15) is 41.7 Å². The molecule has 5 aromatic rings. The van der Waals surface area contributed by atoms with Crippen LogP contribution in [0.4, 0.5) is 22.0 Å². The van der Waals surface area contributed by atoms with Crippen molar-refractivity contribution in [2.24, 2.45) is 0 Å². The third-order valence-corrected chi connectivity index (χ3v) is 13.1. The molecule has 1 unspecified atom stereocenters. The number of halogens is 5. The molecule has 0 aliphatic rings. The van der Waals surface area contributed by atoms with Gasteiger partial charge in [-0.25, -0.2) is 26.7 Å². The van der Waals surface area contributed by atoms with E-state index in [2.05, 4.69) is 6.08 Å². The van der Waals surface area contributed by atoms with Crippen molar-refractivity contribution in [3.63, 3.8) is 0 Å². The summed E-state index contributed by atoms with van der Waals surface area (Å²) in [5.41, 5.74) is 9.65. The largest absolute Gasteiger partial charge is 0.465 e. The Morgan fingerprint density at radius 1 is 0.465 bits per heavy atom. The highest BCUT2D eigenvalue weighted by Gasteiger charge is 2.38. The molecule has 0 saturated carbocycles. The molecule has 5 rings (SSSR count). The number of aliphatic hydroxyl groups is 1. The van der Waals surface area contributed by atoms with Crippen LogP contribution in [-0.2, 0) is 42.2 Å². The van der Waals surface area contributed by atoms with Crippen molar-refractivity contribution in [1.29, 1.82) is 0 Å². The maximum atomic E-state index is 12.7. The van der Waals surface area contributed by atoms with Gasteiger partial charge in [0.25, 0.3) is 0 Å². The molecule has 0 fully saturated rings. The summed E-state index contributed by atoms with van der Waals surface area (Å²) in [6, 6.07) is 30.3. The molecule has 0 aliphatic heterocycles. The number of rotatable bonds is 22. The van der Waals surface area contributed by atoms with Crippen molar-refractivity contribution in [3.05, 3.63) is 235 Å². The lowest BCUT2D eigenvalue weighted by Crippen LogP contribution is -2.22. The Morgan fingerprint density at radius 2 is 0.791 bits per heavy atom. The summed E-state index contributed by atoms with van der Waals surface area (Å²) < 4.78 is 99.7. The number of aliphatic hydroxyl groups excluding tert-OH is 1. The van der Waals surface area contributed by atoms with Gasteiger partial charge in [-0.15, -0.1) is 0 Å². The highest BCUT2D eigenvalue weighted by Crippen LogP contribution is 2.53. The van der Waals surface area contributed by atoms with Crippen LogP contribution in [0, 0.1) is 29.1 Å². The molecular weight excluding hydrogens is 1130 g/mol. The summed E-state index contributed by atoms with van der Waals surface area (Å²) in [6.45, 7) is 26.0. The Labute approximate surface area is 505 Å². The molecule has 0 spiro atoms. The molecule has 0 amide bonds. The van der Waals surface area contributed by atoms with Gasteiger partial charge in [-0.05, 0) is 214 Å². The van der Waals surface area contributed by atoms with Crippen molar-refractivity contribution in [1.82, 2.24) is 0 Å². The van der Waals surface area contributed by atoms with E-state index in [4.69, 9.17) is 28.4 Å². The highest BCUT2D eigenvalue weighted by molar-refractivity contribution is 7.55. The Balaban J connectivity index is 0.00000102. The van der Waals surface area contributed by atoms with Gasteiger partial charge >= 0.3 is 19.5 Å². The minimum absolute atomic E-state index is 0.0641. The Morgan fingerprint density at radius 3 is 1.09 bits per heavy atom. The summed E-state index contributed by atoms with van der Waals surface area (Å²) in [4.78, 5) is 43.0. The fourth-order valence-electron chi connectivity index (χ4n) is 6.77. The third-order valence-electron chi connectivity index (χ3n) is 10.7. The summed E-state index contributed by atoms with van der Waals surface area (Å²) in [5.74, 6) is -2.15. The van der Waals surface area contributed by atoms with E-state index in [1.54, 1.807) is 102 Å². The Kier molecular flexibility index (Phi) is 41.5. The summed E-state index contributed by atoms with van der Waals surface area (Å²) >= 11 is 0. The monoisotopic (exact) mass is 1210 g/mol. The SMILES string of the molecule is C/C(C=O)=C\c1ccc(F)cc1.CC(=C\c1ccc(F)cc1)/C=C(\C)CO.CCOC(=O)/C(C)=C/C(C)=C/c1ccc(F)cc1.CCOC(=O)C(C)P(=O)(OCC)OCC.CCOC/C(C)=C/C(C)=C/c1ccc(F)cc1.O=Cc1ccc(F)cc1. The highest BCUT2D eigenvalue weighted by atomic mass is 31.2. The van der Waals surface area contributed by atoms with E-state index in [1.807, 2.05) is 65.8 Å². The van der Waals surface area contributed by atoms with E-state index < -0.39 is 19.2 Å². The molecule has 0 aliphatic carbocycles. The first-order valence-electron chi connectivity index (χ1n) is 27.7. The summed E-state index contributed by atoms with van der Waals surface area (Å²) in [7, 11) is -3.37. The Hall–Kier alpha value is -7.72. The third kappa shape index (κ3) is 36.9. The van der Waals surface area contributed by atoms with Crippen LogP contribution in [0.3, 0.4) is 0 Å². The van der Waals surface area contributed by atoms with Gasteiger partial charge in [-0.3, -0.25) is 18.9 Å². The van der Waals surface area contributed by atoms with Gasteiger partial charge in [0.2, 0.25) is 0 Å². The molecule has 1 atom stereocenters. The topological polar surface area (TPSA) is 152 Å². The lowest BCUT2D eigenvalue weighted by atomic mass is 10.1.